The molecule has 2 saturated carbocycles. The van der Waals surface area contributed by atoms with Gasteiger partial charge in [-0.1, -0.05) is 41.5 Å². The average molecular weight is 1650 g/mol. The number of fused-ring (bicyclic) bond motifs is 5. The number of carbonyl (C=O) groups excluding carboxylic acids is 4. The number of ketones is 3. The van der Waals surface area contributed by atoms with Crippen LogP contribution in [0.2, 0.25) is 0 Å². The van der Waals surface area contributed by atoms with Crippen molar-refractivity contribution in [2.24, 2.45) is 5.92 Å². The van der Waals surface area contributed by atoms with Crippen LogP contribution < -0.4 is 5.32 Å². The zero-order valence-electron chi connectivity index (χ0n) is 69.0. The number of hydrogen-bond donors (Lipinski definition) is 5. The van der Waals surface area contributed by atoms with Crippen LogP contribution in [0.1, 0.15) is 226 Å². The van der Waals surface area contributed by atoms with E-state index in [9.17, 15) is 28.5 Å². The minimum atomic E-state index is -3.33. The molecule has 6 fully saturated rings. The molecule has 4 unspecified atom stereocenters. The fourth-order valence-electron chi connectivity index (χ4n) is 16.6. The van der Waals surface area contributed by atoms with E-state index in [1.165, 1.54) is 67.8 Å². The van der Waals surface area contributed by atoms with E-state index in [0.29, 0.717) is 103 Å². The van der Waals surface area contributed by atoms with Gasteiger partial charge in [0.1, 0.15) is 35.3 Å². The number of aryl methyl sites for hydroxylation is 10. The van der Waals surface area contributed by atoms with Gasteiger partial charge < -0.3 is 52.9 Å². The molecule has 0 radical (unpaired) electrons. The van der Waals surface area contributed by atoms with E-state index in [2.05, 4.69) is 124 Å². The van der Waals surface area contributed by atoms with E-state index in [-0.39, 0.29) is 40.3 Å². The van der Waals surface area contributed by atoms with Crippen molar-refractivity contribution >= 4 is 78.3 Å². The van der Waals surface area contributed by atoms with Gasteiger partial charge in [-0.05, 0) is 128 Å². The Balaban J connectivity index is 0.000000147. The number of aliphatic hydroxyl groups excluding tert-OH is 1. The summed E-state index contributed by atoms with van der Waals surface area (Å²) in [4.78, 5) is 66.4. The van der Waals surface area contributed by atoms with Crippen molar-refractivity contribution in [1.29, 1.82) is 0 Å². The van der Waals surface area contributed by atoms with Crippen LogP contribution in [0.5, 0.6) is 0 Å². The maximum absolute atomic E-state index is 11.6. The summed E-state index contributed by atoms with van der Waals surface area (Å²) in [7, 11) is -3.33. The number of H-pyrrole nitrogens is 1. The fourth-order valence-corrected chi connectivity index (χ4v) is 16.6. The van der Waals surface area contributed by atoms with Gasteiger partial charge in [0.15, 0.2) is 40.1 Å². The van der Waals surface area contributed by atoms with Crippen LogP contribution in [-0.4, -0.2) is 219 Å². The summed E-state index contributed by atoms with van der Waals surface area (Å²) in [5.41, 5.74) is 18.1. The number of nitrogens with zero attached hydrogens (tertiary/aromatic N) is 13. The predicted molar refractivity (Wildman–Crippen MR) is 429 cm³/mol. The van der Waals surface area contributed by atoms with Gasteiger partial charge in [-0.3, -0.25) is 38.3 Å². The zero-order valence-corrected chi connectivity index (χ0v) is 72.0. The first-order valence-electron chi connectivity index (χ1n) is 41.3. The Bertz CT molecular complexity index is 4470. The number of anilines is 1. The molecule has 7 aromatic heterocycles. The van der Waals surface area contributed by atoms with Gasteiger partial charge in [0, 0.05) is 168 Å². The Kier molecular flexibility index (Phi) is 33.3. The summed E-state index contributed by atoms with van der Waals surface area (Å²) in [5.74, 6) is 0.572. The Morgan fingerprint density at radius 2 is 1.08 bits per heavy atom. The molecule has 4 atom stereocenters. The van der Waals surface area contributed by atoms with Crippen molar-refractivity contribution in [2.45, 2.75) is 298 Å². The molecule has 0 bridgehead atoms. The molecule has 7 aromatic rings. The summed E-state index contributed by atoms with van der Waals surface area (Å²) in [6.07, 6.45) is 25.4. The van der Waals surface area contributed by atoms with Crippen LogP contribution in [0.3, 0.4) is 0 Å². The van der Waals surface area contributed by atoms with E-state index in [1.54, 1.807) is 20.2 Å². The van der Waals surface area contributed by atoms with Crippen LogP contribution in [0, 0.1) is 12.8 Å². The number of rotatable bonds is 15. The van der Waals surface area contributed by atoms with Crippen molar-refractivity contribution in [3.63, 3.8) is 0 Å². The van der Waals surface area contributed by atoms with E-state index in [1.807, 2.05) is 19.3 Å². The number of ether oxygens (including phenoxy) is 8. The summed E-state index contributed by atoms with van der Waals surface area (Å²) in [6.45, 7) is 31.5. The number of imidazole rings is 1. The maximum atomic E-state index is 11.6. The van der Waals surface area contributed by atoms with Crippen LogP contribution >= 0.6 is 11.6 Å². The van der Waals surface area contributed by atoms with Gasteiger partial charge in [0.2, 0.25) is 5.24 Å². The first-order chi connectivity index (χ1) is 55.3. The van der Waals surface area contributed by atoms with Crippen molar-refractivity contribution in [3.05, 3.63) is 92.4 Å². The second-order valence-electron chi connectivity index (χ2n) is 29.9. The molecule has 115 heavy (non-hydrogen) atoms. The third-order valence-corrected chi connectivity index (χ3v) is 23.4. The van der Waals surface area contributed by atoms with E-state index in [4.69, 9.17) is 69.4 Å². The van der Waals surface area contributed by atoms with Crippen LogP contribution in [0.4, 0.5) is 5.82 Å². The quantitative estimate of drug-likeness (QED) is 0.0209. The molecular formula is C80H118ClMgN15O17S. The number of aliphatic hydroxyl groups is 1. The molecule has 6 aliphatic carbocycles. The Morgan fingerprint density at radius 3 is 1.58 bits per heavy atom. The zero-order chi connectivity index (χ0) is 82.7. The van der Waals surface area contributed by atoms with Crippen LogP contribution in [0.15, 0.2) is 18.7 Å². The predicted octanol–water partition coefficient (Wildman–Crippen LogP) is 9.92. The van der Waals surface area contributed by atoms with Crippen molar-refractivity contribution in [1.82, 2.24) is 69.0 Å². The third kappa shape index (κ3) is 23.0. The molecule has 4 saturated heterocycles. The Labute approximate surface area is 689 Å². The molecule has 35 heteroatoms. The van der Waals surface area contributed by atoms with Crippen LogP contribution in [-0.2, 0) is 172 Å². The molecule has 5 N–H and O–H groups in total. The molecular weight excluding hydrogens is 1530 g/mol. The molecule has 11 heterocycles. The van der Waals surface area contributed by atoms with Gasteiger partial charge in [0.05, 0.1) is 93.2 Å². The normalized spacial score (nSPS) is 21.3. The third-order valence-electron chi connectivity index (χ3n) is 22.6. The second-order valence-corrected chi connectivity index (χ2v) is 33.8. The molecule has 10 aliphatic rings. The molecule has 4 aliphatic heterocycles. The topological polar surface area (TPSA) is 393 Å². The van der Waals surface area contributed by atoms with Gasteiger partial charge in [-0.2, -0.15) is 20.4 Å². The summed E-state index contributed by atoms with van der Waals surface area (Å²) >= 11 is 5.49. The molecule has 630 valence electrons. The molecule has 0 aromatic carbocycles. The van der Waals surface area contributed by atoms with Crippen molar-refractivity contribution in [3.8, 4) is 11.4 Å². The first-order valence-corrected chi connectivity index (χ1v) is 45.0. The van der Waals surface area contributed by atoms with E-state index < -0.39 is 19.0 Å². The SMILES string of the molecule is CCC(=O)C1CC2(CCC1=O)OCCO2.CCC(=O)Cl.CCc1n[nH]c2c1CC1(CC2)OCCO1.CCc1nn(CC)c2c1CC(Nc1ncnc3c1nc(-c1cnc(C)nc1)n3CC)CC2.CCc1nn(CC)c2c1CC(O)CC2.CCc1nn(CC)c2c1CC1(CC2)OCCO1.O=C1CCC2(CC1)OCCO2.O=[S](O)(=[Mg])OO. The standard InChI is InChI=1S/C23H29N9.C13H20N2O2.C11H16N2O2.C11H18N2O.C11H16O4.C8H12O3.C3H5ClO.Mg.H2O4S/c1-5-18-17-10-16(8-9-19(17)32(7-3)30-18)28-21-20-23(27-13-26-21)31(6-2)22(29-20)15-11-24-14(4)25-12-15;1-3-11-10-9-13(16-7-8-17-13)6-5-12(10)15(4-2)14-11;1-2-9-8-7-11(14-5-6-15-11)4-3-10(8)13-12-9;1-3-10-9-7-8(14)5-6-11(9)13(4-2)12-10;1-2-9(12)8-7-11(4-3-10(8)13)14-5-6-15-11;9-7-1-3-8(4-2-7)10-5-6-11-8;1-2-3(4)5;;1-4-5(2)3/h11-13,16H,5-10H2,1-4H3,(H,26,27,28);3-9H2,1-2H3;2-7H2,1H3,(H,12,13);8,14H,3-7H2,1-2H3;8H,2-7H2,1H3;1-6H2;2H2,1H3;;1H,(H,2,3). The van der Waals surface area contributed by atoms with Gasteiger partial charge >= 0.3 is 45.5 Å². The number of nitrogens with one attached hydrogen (secondary N) is 2. The number of halogens is 1. The number of Topliss-reactive ketones (excluding diaryl/α,β-unsaturated/α-hetero) is 3. The molecule has 0 amide bonds. The summed E-state index contributed by atoms with van der Waals surface area (Å²) < 4.78 is 74.2. The minimum absolute atomic E-state index is 0.0122. The van der Waals surface area contributed by atoms with Crippen molar-refractivity contribution in [2.75, 3.05) is 58.2 Å². The number of carbonyl (C=O) groups is 4. The molecule has 17 rings (SSSR count). The molecule has 4 spiro atoms. The molecule has 32 nitrogen and oxygen atoms in total. The van der Waals surface area contributed by atoms with Gasteiger partial charge in [0.25, 0.3) is 0 Å². The number of aromatic amines is 1. The van der Waals surface area contributed by atoms with Crippen LogP contribution in [0.25, 0.3) is 22.6 Å². The fraction of sp³-hybridized carbons (Fsp3) is 0.688. The Hall–Kier alpha value is -6.32. The number of hydrogen-bond acceptors (Lipinski definition) is 26. The van der Waals surface area contributed by atoms with E-state index >= 15 is 0 Å². The summed E-state index contributed by atoms with van der Waals surface area (Å²) in [5, 5.41) is 41.9. The van der Waals surface area contributed by atoms with Crippen molar-refractivity contribution < 1.29 is 80.5 Å². The monoisotopic (exact) mass is 1650 g/mol. The van der Waals surface area contributed by atoms with E-state index in [0.717, 1.165) is 202 Å². The van der Waals surface area contributed by atoms with Gasteiger partial charge in [-0.15, -0.1) is 0 Å². The number of aromatic nitrogens is 14. The Morgan fingerprint density at radius 1 is 0.609 bits per heavy atom. The summed E-state index contributed by atoms with van der Waals surface area (Å²) in [6, 6.07) is 0.290. The first kappa shape index (κ1) is 91.0. The average Bonchev–Trinajstić information content (AvgIpc) is 1.63. The van der Waals surface area contributed by atoms with Gasteiger partial charge in [-0.25, -0.2) is 24.9 Å². The second kappa shape index (κ2) is 42.1.